The fraction of sp³-hybridized carbons (Fsp3) is 0.0769. The van der Waals surface area contributed by atoms with Gasteiger partial charge in [-0.3, -0.25) is 10.4 Å². The molecule has 0 unspecified atom stereocenters. The number of hydrazine groups is 1. The van der Waals surface area contributed by atoms with E-state index in [1.165, 1.54) is 0 Å². The average Bonchev–Trinajstić information content (AvgIpc) is 2.39. The summed E-state index contributed by atoms with van der Waals surface area (Å²) in [5.41, 5.74) is 3.48. The number of phenolic OH excluding ortho intramolecular Hbond substituents is 1. The maximum absolute atomic E-state index is 10.4. The number of phenols is 1. The second kappa shape index (κ2) is 7.49. The lowest BCUT2D eigenvalue weighted by Crippen LogP contribution is -2.06. The zero-order valence-corrected chi connectivity index (χ0v) is 11.4. The number of benzene rings is 2. The summed E-state index contributed by atoms with van der Waals surface area (Å²) in [5.74, 6) is 4.90. The van der Waals surface area contributed by atoms with Gasteiger partial charge in [0.05, 0.1) is 5.69 Å². The van der Waals surface area contributed by atoms with Crippen molar-refractivity contribution in [2.75, 3.05) is 5.43 Å². The maximum Gasteiger partial charge on any atom is 0.269 e. The van der Waals surface area contributed by atoms with E-state index in [4.69, 9.17) is 15.5 Å². The summed E-state index contributed by atoms with van der Waals surface area (Å²) < 4.78 is 29.2. The van der Waals surface area contributed by atoms with E-state index in [9.17, 15) is 8.42 Å². The lowest BCUT2D eigenvalue weighted by atomic mass is 10.2. The summed E-state index contributed by atoms with van der Waals surface area (Å²) in [7, 11) is -3.88. The quantitative estimate of drug-likeness (QED) is 0.297. The topological polar surface area (TPSA) is 113 Å². The van der Waals surface area contributed by atoms with Crippen LogP contribution >= 0.6 is 0 Å². The number of rotatable bonds is 3. The highest BCUT2D eigenvalue weighted by atomic mass is 32.2. The number of hydrogen-bond acceptors (Lipinski definition) is 5. The third-order valence-corrected chi connectivity index (χ3v) is 2.95. The first-order valence-electron chi connectivity index (χ1n) is 5.66. The molecule has 0 saturated heterocycles. The van der Waals surface area contributed by atoms with Crippen molar-refractivity contribution in [3.63, 3.8) is 0 Å². The molecule has 5 N–H and O–H groups in total. The van der Waals surface area contributed by atoms with Crippen LogP contribution in [0.5, 0.6) is 5.75 Å². The van der Waals surface area contributed by atoms with E-state index in [1.807, 2.05) is 0 Å². The second-order valence-electron chi connectivity index (χ2n) is 3.87. The molecule has 0 saturated carbocycles. The number of nitrogens with two attached hydrogens (primary N) is 1. The highest BCUT2D eigenvalue weighted by molar-refractivity contribution is 7.85. The lowest BCUT2D eigenvalue weighted by molar-refractivity contribution is 0.477. The summed E-state index contributed by atoms with van der Waals surface area (Å²) in [5, 5.41) is 8.97. The molecule has 6 nitrogen and oxygen atoms in total. The molecule has 7 heteroatoms. The predicted octanol–water partition coefficient (Wildman–Crippen LogP) is 1.75. The Hall–Kier alpha value is -2.09. The van der Waals surface area contributed by atoms with Gasteiger partial charge in [-0.05, 0) is 17.7 Å². The van der Waals surface area contributed by atoms with Crippen molar-refractivity contribution in [2.24, 2.45) is 5.84 Å². The van der Waals surface area contributed by atoms with Crippen LogP contribution in [0, 0.1) is 0 Å². The molecule has 2 aromatic rings. The molecule has 2 aromatic carbocycles. The van der Waals surface area contributed by atoms with Crippen molar-refractivity contribution >= 4 is 15.8 Å². The number of aromatic hydroxyl groups is 1. The summed E-state index contributed by atoms with van der Waals surface area (Å²) >= 11 is 0. The summed E-state index contributed by atoms with van der Waals surface area (Å²) in [6, 6.07) is 15.3. The predicted molar refractivity (Wildman–Crippen MR) is 77.6 cm³/mol. The lowest BCUT2D eigenvalue weighted by Gasteiger charge is -1.99. The van der Waals surface area contributed by atoms with Gasteiger partial charge >= 0.3 is 0 Å². The van der Waals surface area contributed by atoms with Crippen LogP contribution in [-0.4, -0.2) is 18.1 Å². The van der Waals surface area contributed by atoms with Crippen LogP contribution in [-0.2, 0) is 15.9 Å². The average molecular weight is 296 g/mol. The van der Waals surface area contributed by atoms with Gasteiger partial charge in [-0.15, -0.1) is 0 Å². The first-order valence-corrected chi connectivity index (χ1v) is 7.27. The third-order valence-electron chi connectivity index (χ3n) is 2.25. The SMILES string of the molecule is NNc1ccccc1O.O=S(=O)(O)Cc1ccccc1. The van der Waals surface area contributed by atoms with E-state index in [0.29, 0.717) is 11.3 Å². The molecule has 0 fully saturated rings. The van der Waals surface area contributed by atoms with Gasteiger partial charge < -0.3 is 10.5 Å². The molecule has 2 rings (SSSR count). The highest BCUT2D eigenvalue weighted by Crippen LogP contribution is 2.19. The Morgan fingerprint density at radius 1 is 1.00 bits per heavy atom. The van der Waals surface area contributed by atoms with Gasteiger partial charge in [0.15, 0.2) is 0 Å². The third kappa shape index (κ3) is 6.19. The van der Waals surface area contributed by atoms with E-state index >= 15 is 0 Å². The van der Waals surface area contributed by atoms with Crippen molar-refractivity contribution < 1.29 is 18.1 Å². The van der Waals surface area contributed by atoms with Gasteiger partial charge in [0, 0.05) is 0 Å². The Kier molecular flexibility index (Phi) is 5.98. The standard InChI is InChI=1S/C7H8O3S.C6H8N2O/c8-11(9,10)6-7-4-2-1-3-5-7;7-8-5-3-1-2-4-6(5)9/h1-5H,6H2,(H,8,9,10);1-4,8-9H,7H2. The van der Waals surface area contributed by atoms with E-state index in [-0.39, 0.29) is 11.5 Å². The largest absolute Gasteiger partial charge is 0.506 e. The van der Waals surface area contributed by atoms with E-state index in [2.05, 4.69) is 5.43 Å². The van der Waals surface area contributed by atoms with Crippen molar-refractivity contribution in [1.29, 1.82) is 0 Å². The molecule has 108 valence electrons. The van der Waals surface area contributed by atoms with Gasteiger partial charge in [0.2, 0.25) is 0 Å². The first kappa shape index (κ1) is 16.0. The van der Waals surface area contributed by atoms with Crippen molar-refractivity contribution in [1.82, 2.24) is 0 Å². The molecule has 0 atom stereocenters. The molecule has 20 heavy (non-hydrogen) atoms. The molecule has 0 heterocycles. The fourth-order valence-corrected chi connectivity index (χ4v) is 1.99. The molecule has 0 bridgehead atoms. The van der Waals surface area contributed by atoms with E-state index < -0.39 is 10.1 Å². The van der Waals surface area contributed by atoms with Crippen molar-refractivity contribution in [3.05, 3.63) is 60.2 Å². The Bertz CT molecular complexity index is 630. The maximum atomic E-state index is 10.4. The molecule has 0 amide bonds. The minimum Gasteiger partial charge on any atom is -0.506 e. The molecule has 0 aromatic heterocycles. The van der Waals surface area contributed by atoms with Gasteiger partial charge in [0.1, 0.15) is 11.5 Å². The smallest absolute Gasteiger partial charge is 0.269 e. The summed E-state index contributed by atoms with van der Waals surface area (Å²) in [6.45, 7) is 0. The zero-order chi connectivity index (χ0) is 15.0. The molecule has 0 aliphatic carbocycles. The molecular weight excluding hydrogens is 280 g/mol. The zero-order valence-electron chi connectivity index (χ0n) is 10.6. The van der Waals surface area contributed by atoms with E-state index in [0.717, 1.165) is 0 Å². The van der Waals surface area contributed by atoms with Crippen LogP contribution in [0.25, 0.3) is 0 Å². The van der Waals surface area contributed by atoms with Crippen molar-refractivity contribution in [2.45, 2.75) is 5.75 Å². The minimum atomic E-state index is -3.88. The van der Waals surface area contributed by atoms with Crippen LogP contribution in [0.2, 0.25) is 0 Å². The normalized spacial score (nSPS) is 10.3. The van der Waals surface area contributed by atoms with Crippen LogP contribution in [0.4, 0.5) is 5.69 Å². The van der Waals surface area contributed by atoms with Crippen LogP contribution in [0.1, 0.15) is 5.56 Å². The summed E-state index contributed by atoms with van der Waals surface area (Å²) in [4.78, 5) is 0. The first-order chi connectivity index (χ1) is 9.42. The highest BCUT2D eigenvalue weighted by Gasteiger charge is 2.04. The van der Waals surface area contributed by atoms with Gasteiger partial charge in [-0.25, -0.2) is 0 Å². The number of anilines is 1. The second-order valence-corrected chi connectivity index (χ2v) is 5.33. The number of nitrogen functional groups attached to an aromatic ring is 1. The fourth-order valence-electron chi connectivity index (χ4n) is 1.38. The van der Waals surface area contributed by atoms with Crippen LogP contribution in [0.3, 0.4) is 0 Å². The Balaban J connectivity index is 0.000000204. The molecule has 0 radical (unpaired) electrons. The summed E-state index contributed by atoms with van der Waals surface area (Å²) in [6.07, 6.45) is 0. The number of hydrogen-bond donors (Lipinski definition) is 4. The van der Waals surface area contributed by atoms with Crippen LogP contribution < -0.4 is 11.3 Å². The molecule has 0 aliphatic rings. The van der Waals surface area contributed by atoms with Crippen molar-refractivity contribution in [3.8, 4) is 5.75 Å². The number of para-hydroxylation sites is 2. The Labute approximate surface area is 117 Å². The Morgan fingerprint density at radius 2 is 1.55 bits per heavy atom. The minimum absolute atomic E-state index is 0.167. The Morgan fingerprint density at radius 3 is 2.00 bits per heavy atom. The number of nitrogens with one attached hydrogen (secondary N) is 1. The molecular formula is C13H16N2O4S. The van der Waals surface area contributed by atoms with Crippen LogP contribution in [0.15, 0.2) is 54.6 Å². The molecule has 0 spiro atoms. The monoisotopic (exact) mass is 296 g/mol. The van der Waals surface area contributed by atoms with E-state index in [1.54, 1.807) is 54.6 Å². The van der Waals surface area contributed by atoms with Gasteiger partial charge in [-0.2, -0.15) is 8.42 Å². The van der Waals surface area contributed by atoms with Gasteiger partial charge in [0.25, 0.3) is 10.1 Å². The van der Waals surface area contributed by atoms with Gasteiger partial charge in [-0.1, -0.05) is 42.5 Å². The molecule has 0 aliphatic heterocycles.